The highest BCUT2D eigenvalue weighted by atomic mass is 32.1. The minimum Gasteiger partial charge on any atom is -0.359 e. The van der Waals surface area contributed by atoms with E-state index in [-0.39, 0.29) is 0 Å². The van der Waals surface area contributed by atoms with Gasteiger partial charge < -0.3 is 5.32 Å². The van der Waals surface area contributed by atoms with Gasteiger partial charge >= 0.3 is 0 Å². The summed E-state index contributed by atoms with van der Waals surface area (Å²) in [6.07, 6.45) is 11.1. The number of hydrogen-bond acceptors (Lipinski definition) is 5. The van der Waals surface area contributed by atoms with E-state index in [1.807, 2.05) is 22.8 Å². The fraction of sp³-hybridized carbons (Fsp3) is 0.350. The number of rotatable bonds is 4. The van der Waals surface area contributed by atoms with Crippen LogP contribution in [0, 0.1) is 0 Å². The molecule has 5 rings (SSSR count). The second kappa shape index (κ2) is 6.68. The lowest BCUT2D eigenvalue weighted by atomic mass is 9.96. The van der Waals surface area contributed by atoms with Gasteiger partial charge in [0.2, 0.25) is 0 Å². The van der Waals surface area contributed by atoms with E-state index in [4.69, 9.17) is 4.98 Å². The smallest absolute Gasteiger partial charge is 0.184 e. The number of benzene rings is 1. The molecule has 0 saturated heterocycles. The molecule has 1 N–H and O–H groups in total. The van der Waals surface area contributed by atoms with E-state index < -0.39 is 0 Å². The Hall–Kier alpha value is -2.47. The minimum absolute atomic E-state index is 0.591. The van der Waals surface area contributed by atoms with Gasteiger partial charge in [0.15, 0.2) is 10.8 Å². The number of anilines is 1. The van der Waals surface area contributed by atoms with Gasteiger partial charge in [-0.2, -0.15) is 5.10 Å². The number of thiazole rings is 1. The Morgan fingerprint density at radius 1 is 1.15 bits per heavy atom. The second-order valence-electron chi connectivity index (χ2n) is 7.02. The Labute approximate surface area is 156 Å². The fourth-order valence-corrected chi connectivity index (χ4v) is 4.78. The summed E-state index contributed by atoms with van der Waals surface area (Å²) in [5, 5.41) is 9.10. The van der Waals surface area contributed by atoms with E-state index in [1.54, 1.807) is 17.5 Å². The second-order valence-corrected chi connectivity index (χ2v) is 8.05. The summed E-state index contributed by atoms with van der Waals surface area (Å²) < 4.78 is 3.15. The Bertz CT molecular complexity index is 1040. The largest absolute Gasteiger partial charge is 0.359 e. The zero-order valence-corrected chi connectivity index (χ0v) is 15.4. The normalized spacial score (nSPS) is 15.7. The highest BCUT2D eigenvalue weighted by Crippen LogP contribution is 2.30. The van der Waals surface area contributed by atoms with E-state index in [0.29, 0.717) is 6.04 Å². The Kier molecular flexibility index (Phi) is 4.05. The number of aromatic nitrogens is 4. The number of fused-ring (bicyclic) bond motifs is 2. The third kappa shape index (κ3) is 3.05. The summed E-state index contributed by atoms with van der Waals surface area (Å²) in [6.45, 7) is 0. The van der Waals surface area contributed by atoms with Crippen LogP contribution in [0.3, 0.4) is 0 Å². The van der Waals surface area contributed by atoms with Crippen LogP contribution in [-0.4, -0.2) is 25.6 Å². The van der Waals surface area contributed by atoms with E-state index in [0.717, 1.165) is 28.4 Å². The third-order valence-electron chi connectivity index (χ3n) is 5.12. The SMILES string of the molecule is c1cnn2c(Cc3ccc4nc(NC5CCCCC5)sc4c3)cnc2c1. The van der Waals surface area contributed by atoms with Crippen LogP contribution in [0.5, 0.6) is 0 Å². The lowest BCUT2D eigenvalue weighted by Crippen LogP contribution is -2.21. The number of nitrogens with one attached hydrogen (secondary N) is 1. The summed E-state index contributed by atoms with van der Waals surface area (Å²) in [5.74, 6) is 0. The van der Waals surface area contributed by atoms with Crippen molar-refractivity contribution in [3.63, 3.8) is 0 Å². The first-order chi connectivity index (χ1) is 12.8. The van der Waals surface area contributed by atoms with Crippen LogP contribution >= 0.6 is 11.3 Å². The van der Waals surface area contributed by atoms with Crippen molar-refractivity contribution in [2.24, 2.45) is 0 Å². The Morgan fingerprint density at radius 3 is 3.00 bits per heavy atom. The van der Waals surface area contributed by atoms with Gasteiger partial charge in [0, 0.05) is 18.7 Å². The average Bonchev–Trinajstić information content (AvgIpc) is 3.26. The maximum Gasteiger partial charge on any atom is 0.184 e. The van der Waals surface area contributed by atoms with Crippen LogP contribution in [0.4, 0.5) is 5.13 Å². The van der Waals surface area contributed by atoms with Gasteiger partial charge in [0.1, 0.15) is 0 Å². The zero-order chi connectivity index (χ0) is 17.3. The van der Waals surface area contributed by atoms with Gasteiger partial charge in [-0.25, -0.2) is 14.5 Å². The van der Waals surface area contributed by atoms with Crippen molar-refractivity contribution in [3.05, 3.63) is 54.0 Å². The molecule has 1 fully saturated rings. The summed E-state index contributed by atoms with van der Waals surface area (Å²) in [7, 11) is 0. The highest BCUT2D eigenvalue weighted by Gasteiger charge is 2.15. The lowest BCUT2D eigenvalue weighted by Gasteiger charge is -2.22. The maximum absolute atomic E-state index is 4.77. The van der Waals surface area contributed by atoms with E-state index >= 15 is 0 Å². The molecule has 1 aromatic carbocycles. The van der Waals surface area contributed by atoms with Crippen LogP contribution in [-0.2, 0) is 6.42 Å². The Morgan fingerprint density at radius 2 is 2.08 bits per heavy atom. The van der Waals surface area contributed by atoms with E-state index in [9.17, 15) is 0 Å². The molecule has 1 aliphatic rings. The molecule has 0 radical (unpaired) electrons. The van der Waals surface area contributed by atoms with Gasteiger partial charge in [0.25, 0.3) is 0 Å². The monoisotopic (exact) mass is 363 g/mol. The van der Waals surface area contributed by atoms with Gasteiger partial charge in [-0.15, -0.1) is 0 Å². The summed E-state index contributed by atoms with van der Waals surface area (Å²) >= 11 is 1.76. The molecule has 0 aliphatic heterocycles. The van der Waals surface area contributed by atoms with E-state index in [1.165, 1.54) is 42.4 Å². The fourth-order valence-electron chi connectivity index (χ4n) is 3.77. The molecule has 0 atom stereocenters. The molecule has 26 heavy (non-hydrogen) atoms. The molecular weight excluding hydrogens is 342 g/mol. The highest BCUT2D eigenvalue weighted by molar-refractivity contribution is 7.22. The van der Waals surface area contributed by atoms with Gasteiger partial charge in [-0.05, 0) is 42.7 Å². The van der Waals surface area contributed by atoms with Gasteiger partial charge in [-0.3, -0.25) is 0 Å². The molecule has 132 valence electrons. The molecule has 0 spiro atoms. The van der Waals surface area contributed by atoms with Crippen molar-refractivity contribution in [2.45, 2.75) is 44.6 Å². The molecule has 3 heterocycles. The summed E-state index contributed by atoms with van der Waals surface area (Å²) in [6, 6.07) is 11.0. The predicted octanol–water partition coefficient (Wildman–Crippen LogP) is 4.67. The van der Waals surface area contributed by atoms with Crippen molar-refractivity contribution in [1.29, 1.82) is 0 Å². The number of hydrogen-bond donors (Lipinski definition) is 1. The molecule has 3 aromatic heterocycles. The van der Waals surface area contributed by atoms with Crippen molar-refractivity contribution >= 4 is 32.3 Å². The average molecular weight is 363 g/mol. The quantitative estimate of drug-likeness (QED) is 0.572. The molecule has 1 saturated carbocycles. The minimum atomic E-state index is 0.591. The van der Waals surface area contributed by atoms with Crippen LogP contribution in [0.15, 0.2) is 42.7 Å². The van der Waals surface area contributed by atoms with Crippen molar-refractivity contribution in [1.82, 2.24) is 19.6 Å². The number of nitrogens with zero attached hydrogens (tertiary/aromatic N) is 4. The summed E-state index contributed by atoms with van der Waals surface area (Å²) in [5.41, 5.74) is 4.33. The molecule has 1 aliphatic carbocycles. The van der Waals surface area contributed by atoms with Crippen LogP contribution in [0.1, 0.15) is 43.4 Å². The van der Waals surface area contributed by atoms with Crippen LogP contribution in [0.25, 0.3) is 15.9 Å². The standard InChI is InChI=1S/C20H21N5S/c1-2-5-15(6-3-1)23-20-24-17-9-8-14(12-18(17)26-20)11-16-13-21-19-7-4-10-22-25(16)19/h4,7-10,12-13,15H,1-3,5-6,11H2,(H,23,24). The first-order valence-electron chi connectivity index (χ1n) is 9.29. The Balaban J connectivity index is 1.39. The molecule has 6 heteroatoms. The predicted molar refractivity (Wildman–Crippen MR) is 106 cm³/mol. The molecule has 0 unspecified atom stereocenters. The third-order valence-corrected chi connectivity index (χ3v) is 6.07. The molecule has 0 bridgehead atoms. The lowest BCUT2D eigenvalue weighted by molar-refractivity contribution is 0.462. The first-order valence-corrected chi connectivity index (χ1v) is 10.1. The first kappa shape index (κ1) is 15.8. The van der Waals surface area contributed by atoms with Crippen LogP contribution in [0.2, 0.25) is 0 Å². The van der Waals surface area contributed by atoms with Gasteiger partial charge in [0.05, 0.1) is 22.1 Å². The zero-order valence-electron chi connectivity index (χ0n) is 14.6. The molecule has 4 aromatic rings. The topological polar surface area (TPSA) is 55.1 Å². The van der Waals surface area contributed by atoms with Crippen molar-refractivity contribution < 1.29 is 0 Å². The van der Waals surface area contributed by atoms with E-state index in [2.05, 4.69) is 33.6 Å². The number of imidazole rings is 1. The molecular formula is C20H21N5S. The van der Waals surface area contributed by atoms with Crippen LogP contribution < -0.4 is 5.32 Å². The maximum atomic E-state index is 4.77. The molecule has 5 nitrogen and oxygen atoms in total. The summed E-state index contributed by atoms with van der Waals surface area (Å²) in [4.78, 5) is 9.20. The van der Waals surface area contributed by atoms with Crippen molar-refractivity contribution in [3.8, 4) is 0 Å². The van der Waals surface area contributed by atoms with Gasteiger partial charge in [-0.1, -0.05) is 36.7 Å². The molecule has 0 amide bonds. The van der Waals surface area contributed by atoms with Crippen molar-refractivity contribution in [2.75, 3.05) is 5.32 Å².